The molecule has 5 atom stereocenters. The number of nitrogens with zero attached hydrogens (tertiary/aromatic N) is 1. The molecule has 0 saturated heterocycles. The van der Waals surface area contributed by atoms with Gasteiger partial charge in [0.25, 0.3) is 0 Å². The van der Waals surface area contributed by atoms with E-state index in [2.05, 4.69) is 118 Å². The minimum absolute atomic E-state index is 0. The summed E-state index contributed by atoms with van der Waals surface area (Å²) in [6.07, 6.45) is 17.6. The van der Waals surface area contributed by atoms with Gasteiger partial charge in [0.2, 0.25) is 0 Å². The molecule has 5 unspecified atom stereocenters. The summed E-state index contributed by atoms with van der Waals surface area (Å²) in [6.45, 7) is 11.7. The zero-order chi connectivity index (χ0) is 35.7. The number of hydrogen-bond donors (Lipinski definition) is 1. The molecule has 3 fully saturated rings. The maximum Gasteiger partial charge on any atom is 3.00 e. The molecule has 1 heterocycles. The second kappa shape index (κ2) is 19.0. The van der Waals surface area contributed by atoms with Gasteiger partial charge in [0.15, 0.2) is 5.78 Å². The predicted octanol–water partition coefficient (Wildman–Crippen LogP) is 12.3. The maximum absolute atomic E-state index is 10.0. The Bertz CT molecular complexity index is 1700. The zero-order valence-electron chi connectivity index (χ0n) is 31.4. The number of aliphatic hydroxyl groups excluding tert-OH is 1. The molecule has 3 saturated carbocycles. The summed E-state index contributed by atoms with van der Waals surface area (Å²) < 4.78 is 0. The van der Waals surface area contributed by atoms with E-state index in [1.165, 1.54) is 99.1 Å². The number of aryl methyl sites for hydroxylation is 1. The van der Waals surface area contributed by atoms with Crippen molar-refractivity contribution in [3.8, 4) is 22.4 Å². The van der Waals surface area contributed by atoms with Crippen LogP contribution in [0.2, 0.25) is 0 Å². The van der Waals surface area contributed by atoms with E-state index in [1.807, 2.05) is 18.3 Å². The van der Waals surface area contributed by atoms with E-state index in [0.29, 0.717) is 5.92 Å². The van der Waals surface area contributed by atoms with Crippen molar-refractivity contribution in [1.82, 2.24) is 4.98 Å². The van der Waals surface area contributed by atoms with Crippen LogP contribution in [0.4, 0.5) is 0 Å². The second-order valence-corrected chi connectivity index (χ2v) is 15.8. The number of carbonyl (C=O) groups is 1. The van der Waals surface area contributed by atoms with Gasteiger partial charge in [-0.1, -0.05) is 108 Å². The van der Waals surface area contributed by atoms with Crippen LogP contribution in [0.3, 0.4) is 0 Å². The molecule has 4 heteroatoms. The molecule has 0 amide bonds. The number of aliphatic hydroxyl groups is 1. The standard InChI is InChI=1S/C21H20N.C21H28.C5H8O2.Ir/c1-21(2,3)19-12-13-20(22-15-19)18-11-7-10-17(14-18)16-8-5-4-6-9-16;1-15-5-4-7-18(13-15)19-12-11-17-10-9-16-6-2-3-8-20(16)21(17)14-19;1-4(6)3-5(2)7;/h4-10,12-15H,1-3H3;4-5,12-13,16-17,19-21H,2-3,6,8-11,14H2,1H3;3,6H,1-2H3;/q-1;-2;;+3/b;;4-3-;. The van der Waals surface area contributed by atoms with Gasteiger partial charge in [0.1, 0.15) is 0 Å². The molecule has 0 radical (unpaired) electrons. The number of aromatic nitrogens is 1. The quantitative estimate of drug-likeness (QED) is 0.126. The Balaban J connectivity index is 0.000000191. The van der Waals surface area contributed by atoms with Gasteiger partial charge in [-0.15, -0.1) is 35.4 Å². The van der Waals surface area contributed by atoms with Gasteiger partial charge in [-0.05, 0) is 66.7 Å². The first-order valence-corrected chi connectivity index (χ1v) is 18.7. The largest absolute Gasteiger partial charge is 3.00 e. The molecular weight excluding hydrogens is 803 g/mol. The van der Waals surface area contributed by atoms with Crippen LogP contribution >= 0.6 is 0 Å². The summed E-state index contributed by atoms with van der Waals surface area (Å²) in [5.74, 6) is 4.75. The molecule has 3 aromatic carbocycles. The molecule has 0 aliphatic heterocycles. The van der Waals surface area contributed by atoms with E-state index in [0.717, 1.165) is 34.9 Å². The number of allylic oxidation sites excluding steroid dienone is 2. The Labute approximate surface area is 321 Å². The fourth-order valence-electron chi connectivity index (χ4n) is 8.33. The van der Waals surface area contributed by atoms with Crippen molar-refractivity contribution in [2.45, 2.75) is 104 Å². The van der Waals surface area contributed by atoms with E-state index in [1.54, 1.807) is 0 Å². The van der Waals surface area contributed by atoms with Gasteiger partial charge in [-0.25, -0.2) is 0 Å². The number of pyridine rings is 1. The first kappa shape index (κ1) is 40.4. The molecule has 0 spiro atoms. The van der Waals surface area contributed by atoms with Crippen LogP contribution < -0.4 is 0 Å². The normalized spacial score (nSPS) is 22.7. The molecule has 0 bridgehead atoms. The number of benzene rings is 3. The first-order valence-electron chi connectivity index (χ1n) is 18.7. The van der Waals surface area contributed by atoms with E-state index >= 15 is 0 Å². The SMILES string of the molecule is CC(=O)/C=C(/C)O.CC(C)(C)c1ccc(-c2[c-]ccc(-c3ccccc3)c2)nc1.Cc1cc[c-]c(C2[CH-]CC3CCC4CCCCC4C3C2)c1.[Ir+3]. The second-order valence-electron chi connectivity index (χ2n) is 15.8. The number of ketones is 1. The third-order valence-electron chi connectivity index (χ3n) is 10.9. The summed E-state index contributed by atoms with van der Waals surface area (Å²) in [5, 5.41) is 8.36. The van der Waals surface area contributed by atoms with Gasteiger partial charge in [0, 0.05) is 12.3 Å². The Hall–Kier alpha value is -3.33. The molecule has 3 nitrogen and oxygen atoms in total. The Kier molecular flexibility index (Phi) is 15.0. The average molecular weight is 859 g/mol. The number of fused-ring (bicyclic) bond motifs is 3. The maximum atomic E-state index is 10.0. The van der Waals surface area contributed by atoms with Crippen molar-refractivity contribution in [1.29, 1.82) is 0 Å². The summed E-state index contributed by atoms with van der Waals surface area (Å²) in [4.78, 5) is 14.6. The fourth-order valence-corrected chi connectivity index (χ4v) is 8.33. The topological polar surface area (TPSA) is 50.2 Å². The molecule has 4 aromatic rings. The smallest absolute Gasteiger partial charge is 0.512 e. The van der Waals surface area contributed by atoms with Crippen LogP contribution in [-0.4, -0.2) is 15.9 Å². The van der Waals surface area contributed by atoms with Crippen molar-refractivity contribution < 1.29 is 30.0 Å². The van der Waals surface area contributed by atoms with Crippen molar-refractivity contribution in [3.63, 3.8) is 0 Å². The Morgan fingerprint density at radius 1 is 0.863 bits per heavy atom. The fraction of sp³-hybridized carbons (Fsp3) is 0.426. The van der Waals surface area contributed by atoms with E-state index < -0.39 is 0 Å². The summed E-state index contributed by atoms with van der Waals surface area (Å²) in [5.41, 5.74) is 8.61. The van der Waals surface area contributed by atoms with Crippen molar-refractivity contribution in [2.24, 2.45) is 23.7 Å². The number of rotatable bonds is 4. The van der Waals surface area contributed by atoms with Gasteiger partial charge in [-0.3, -0.25) is 4.79 Å². The minimum atomic E-state index is -0.125. The number of hydrogen-bond acceptors (Lipinski definition) is 3. The van der Waals surface area contributed by atoms with Crippen LogP contribution in [0.1, 0.15) is 109 Å². The molecule has 1 N–H and O–H groups in total. The first-order chi connectivity index (χ1) is 24.0. The Morgan fingerprint density at radius 3 is 2.24 bits per heavy atom. The summed E-state index contributed by atoms with van der Waals surface area (Å²) >= 11 is 0. The van der Waals surface area contributed by atoms with Crippen molar-refractivity contribution in [2.75, 3.05) is 0 Å². The van der Waals surface area contributed by atoms with Crippen LogP contribution in [-0.2, 0) is 30.3 Å². The van der Waals surface area contributed by atoms with Crippen molar-refractivity contribution >= 4 is 5.78 Å². The van der Waals surface area contributed by atoms with Crippen LogP contribution in [0.25, 0.3) is 22.4 Å². The third kappa shape index (κ3) is 11.6. The van der Waals surface area contributed by atoms with E-state index in [9.17, 15) is 4.79 Å². The van der Waals surface area contributed by atoms with Crippen LogP contribution in [0.5, 0.6) is 0 Å². The summed E-state index contributed by atoms with van der Waals surface area (Å²) in [6, 6.07) is 34.3. The van der Waals surface area contributed by atoms with Gasteiger partial charge in [-0.2, -0.15) is 47.7 Å². The molecule has 1 aromatic heterocycles. The van der Waals surface area contributed by atoms with Gasteiger partial charge >= 0.3 is 20.1 Å². The van der Waals surface area contributed by atoms with Crippen LogP contribution in [0, 0.1) is 49.1 Å². The molecule has 51 heavy (non-hydrogen) atoms. The molecule has 3 aliphatic carbocycles. The minimum Gasteiger partial charge on any atom is -0.512 e. The molecule has 7 rings (SSSR count). The van der Waals surface area contributed by atoms with E-state index in [4.69, 9.17) is 5.11 Å². The zero-order valence-corrected chi connectivity index (χ0v) is 33.8. The Morgan fingerprint density at radius 2 is 1.59 bits per heavy atom. The molecule has 3 aliphatic rings. The predicted molar refractivity (Wildman–Crippen MR) is 208 cm³/mol. The van der Waals surface area contributed by atoms with E-state index in [-0.39, 0.29) is 37.1 Å². The third-order valence-corrected chi connectivity index (χ3v) is 10.9. The molecular formula is C47H56IrNO2. The van der Waals surface area contributed by atoms with Gasteiger partial charge < -0.3 is 16.5 Å². The monoisotopic (exact) mass is 859 g/mol. The van der Waals surface area contributed by atoms with Crippen molar-refractivity contribution in [3.05, 3.63) is 132 Å². The molecule has 270 valence electrons. The number of carbonyl (C=O) groups excluding carboxylic acids is 1. The summed E-state index contributed by atoms with van der Waals surface area (Å²) in [7, 11) is 0. The van der Waals surface area contributed by atoms with Gasteiger partial charge in [0.05, 0.1) is 5.76 Å². The van der Waals surface area contributed by atoms with Crippen LogP contribution in [0.15, 0.2) is 96.9 Å². The average Bonchev–Trinajstić information content (AvgIpc) is 3.11.